The van der Waals surface area contributed by atoms with Gasteiger partial charge in [-0.15, -0.1) is 0 Å². The Balaban J connectivity index is 1.97. The van der Waals surface area contributed by atoms with Crippen molar-refractivity contribution in [3.63, 3.8) is 0 Å². The van der Waals surface area contributed by atoms with Crippen LogP contribution in [0.3, 0.4) is 0 Å². The van der Waals surface area contributed by atoms with Crippen LogP contribution in [0.5, 0.6) is 0 Å². The molecule has 0 aliphatic heterocycles. The van der Waals surface area contributed by atoms with E-state index in [0.29, 0.717) is 6.42 Å². The molecule has 0 radical (unpaired) electrons. The first-order valence-electron chi connectivity index (χ1n) is 6.27. The van der Waals surface area contributed by atoms with Crippen molar-refractivity contribution in [3.8, 4) is 0 Å². The summed E-state index contributed by atoms with van der Waals surface area (Å²) in [6, 6.07) is 9.35. The van der Waals surface area contributed by atoms with E-state index in [-0.39, 0.29) is 5.91 Å². The van der Waals surface area contributed by atoms with Crippen molar-refractivity contribution in [3.05, 3.63) is 35.9 Å². The molecule has 0 aromatic heterocycles. The number of nitrogens with zero attached hydrogens (tertiary/aromatic N) is 1. The lowest BCUT2D eigenvalue weighted by molar-refractivity contribution is -0.139. The van der Waals surface area contributed by atoms with Crippen LogP contribution in [-0.2, 0) is 9.59 Å². The fourth-order valence-electron chi connectivity index (χ4n) is 2.28. The molecule has 1 saturated carbocycles. The Bertz CT molecular complexity index is 558. The predicted molar refractivity (Wildman–Crippen MR) is 72.9 cm³/mol. The fraction of sp³-hybridized carbons (Fsp3) is 0.357. The molecule has 2 rings (SSSR count). The highest BCUT2D eigenvalue weighted by Crippen LogP contribution is 2.63. The smallest absolute Gasteiger partial charge is 0.250 e. The summed E-state index contributed by atoms with van der Waals surface area (Å²) in [7, 11) is 0. The Morgan fingerprint density at radius 2 is 1.80 bits per heavy atom. The standard InChI is InChI=1S/C14H17N3O3/c1-13(9-14(13,2)12(19)17-20)11(18)16-15-8-10-6-4-3-5-7-10/h3-8,20H,9H2,1-2H3,(H,16,18)(H,17,19)/b15-8+. The van der Waals surface area contributed by atoms with E-state index in [0.717, 1.165) is 5.56 Å². The molecule has 2 unspecified atom stereocenters. The maximum Gasteiger partial charge on any atom is 0.250 e. The minimum Gasteiger partial charge on any atom is -0.289 e. The second kappa shape index (κ2) is 5.05. The summed E-state index contributed by atoms with van der Waals surface area (Å²) < 4.78 is 0. The number of amides is 2. The average molecular weight is 275 g/mol. The monoisotopic (exact) mass is 275 g/mol. The van der Waals surface area contributed by atoms with Crippen LogP contribution in [0.25, 0.3) is 0 Å². The molecular formula is C14H17N3O3. The highest BCUT2D eigenvalue weighted by atomic mass is 16.5. The molecule has 0 heterocycles. The molecule has 6 nitrogen and oxygen atoms in total. The third-order valence-electron chi connectivity index (χ3n) is 4.08. The quantitative estimate of drug-likeness (QED) is 0.436. The Hall–Kier alpha value is -2.21. The normalized spacial score (nSPS) is 28.1. The second-order valence-corrected chi connectivity index (χ2v) is 5.39. The zero-order chi connectivity index (χ0) is 14.8. The van der Waals surface area contributed by atoms with Gasteiger partial charge < -0.3 is 0 Å². The molecule has 2 atom stereocenters. The van der Waals surface area contributed by atoms with Gasteiger partial charge in [0.15, 0.2) is 0 Å². The van der Waals surface area contributed by atoms with Crippen LogP contribution in [0, 0.1) is 10.8 Å². The summed E-state index contributed by atoms with van der Waals surface area (Å²) in [5, 5.41) is 12.6. The van der Waals surface area contributed by atoms with Gasteiger partial charge in [-0.1, -0.05) is 30.3 Å². The summed E-state index contributed by atoms with van der Waals surface area (Å²) in [6.45, 7) is 3.31. The van der Waals surface area contributed by atoms with Crippen LogP contribution in [0.2, 0.25) is 0 Å². The van der Waals surface area contributed by atoms with Crippen molar-refractivity contribution in [2.75, 3.05) is 0 Å². The number of hydrazone groups is 1. The average Bonchev–Trinajstić information content (AvgIpc) is 3.04. The third-order valence-corrected chi connectivity index (χ3v) is 4.08. The van der Waals surface area contributed by atoms with Gasteiger partial charge in [0.05, 0.1) is 17.0 Å². The van der Waals surface area contributed by atoms with Gasteiger partial charge >= 0.3 is 0 Å². The van der Waals surface area contributed by atoms with E-state index in [2.05, 4.69) is 10.5 Å². The van der Waals surface area contributed by atoms with Gasteiger partial charge in [-0.3, -0.25) is 14.8 Å². The Labute approximate surface area is 116 Å². The highest BCUT2D eigenvalue weighted by molar-refractivity contribution is 5.98. The van der Waals surface area contributed by atoms with Crippen LogP contribution < -0.4 is 10.9 Å². The maximum absolute atomic E-state index is 12.1. The van der Waals surface area contributed by atoms with Gasteiger partial charge in [0.2, 0.25) is 11.8 Å². The summed E-state index contributed by atoms with van der Waals surface area (Å²) >= 11 is 0. The molecule has 1 fully saturated rings. The number of rotatable bonds is 4. The van der Waals surface area contributed by atoms with E-state index in [4.69, 9.17) is 5.21 Å². The molecule has 2 amide bonds. The molecule has 20 heavy (non-hydrogen) atoms. The van der Waals surface area contributed by atoms with E-state index in [1.165, 1.54) is 6.21 Å². The minimum absolute atomic E-state index is 0.337. The summed E-state index contributed by atoms with van der Waals surface area (Å²) in [4.78, 5) is 23.6. The highest BCUT2D eigenvalue weighted by Gasteiger charge is 2.70. The summed E-state index contributed by atoms with van der Waals surface area (Å²) in [6.07, 6.45) is 1.91. The predicted octanol–water partition coefficient (Wildman–Crippen LogP) is 1.06. The van der Waals surface area contributed by atoms with Gasteiger partial charge in [0, 0.05) is 0 Å². The lowest BCUT2D eigenvalue weighted by atomic mass is 9.95. The van der Waals surface area contributed by atoms with Crippen molar-refractivity contribution < 1.29 is 14.8 Å². The van der Waals surface area contributed by atoms with Gasteiger partial charge in [0.1, 0.15) is 0 Å². The third kappa shape index (κ3) is 2.30. The van der Waals surface area contributed by atoms with Crippen molar-refractivity contribution in [2.24, 2.45) is 15.9 Å². The van der Waals surface area contributed by atoms with Crippen molar-refractivity contribution in [1.29, 1.82) is 0 Å². The van der Waals surface area contributed by atoms with E-state index >= 15 is 0 Å². The molecule has 3 N–H and O–H groups in total. The molecule has 1 aromatic carbocycles. The van der Waals surface area contributed by atoms with Gasteiger partial charge in [0.25, 0.3) is 0 Å². The molecular weight excluding hydrogens is 258 g/mol. The summed E-state index contributed by atoms with van der Waals surface area (Å²) in [5.41, 5.74) is 3.16. The first kappa shape index (κ1) is 14.2. The molecule has 1 aliphatic rings. The number of carbonyl (C=O) groups excluding carboxylic acids is 2. The SMILES string of the molecule is CC1(C(=O)NO)CC1(C)C(=O)N/N=C/c1ccccc1. The Morgan fingerprint density at radius 3 is 2.40 bits per heavy atom. The molecule has 1 aliphatic carbocycles. The number of hydrogen-bond donors (Lipinski definition) is 3. The van der Waals surface area contributed by atoms with Gasteiger partial charge in [-0.05, 0) is 25.8 Å². The van der Waals surface area contributed by atoms with Crippen molar-refractivity contribution in [1.82, 2.24) is 10.9 Å². The van der Waals surface area contributed by atoms with Crippen LogP contribution in [0.1, 0.15) is 25.8 Å². The lowest BCUT2D eigenvalue weighted by Crippen LogP contribution is -2.37. The lowest BCUT2D eigenvalue weighted by Gasteiger charge is -2.14. The van der Waals surface area contributed by atoms with E-state index in [1.54, 1.807) is 19.3 Å². The van der Waals surface area contributed by atoms with Crippen LogP contribution in [-0.4, -0.2) is 23.2 Å². The Morgan fingerprint density at radius 1 is 1.20 bits per heavy atom. The van der Waals surface area contributed by atoms with Gasteiger partial charge in [-0.2, -0.15) is 5.10 Å². The number of benzene rings is 1. The van der Waals surface area contributed by atoms with Gasteiger partial charge in [-0.25, -0.2) is 10.9 Å². The number of nitrogens with one attached hydrogen (secondary N) is 2. The molecule has 0 bridgehead atoms. The largest absolute Gasteiger partial charge is 0.289 e. The van der Waals surface area contributed by atoms with Crippen LogP contribution in [0.15, 0.2) is 35.4 Å². The Kier molecular flexibility index (Phi) is 3.59. The summed E-state index contributed by atoms with van der Waals surface area (Å²) in [5.74, 6) is -0.891. The first-order valence-corrected chi connectivity index (χ1v) is 6.27. The second-order valence-electron chi connectivity index (χ2n) is 5.39. The van der Waals surface area contributed by atoms with E-state index in [9.17, 15) is 9.59 Å². The minimum atomic E-state index is -0.895. The molecule has 0 saturated heterocycles. The number of carbonyl (C=O) groups is 2. The molecule has 6 heteroatoms. The van der Waals surface area contributed by atoms with E-state index in [1.807, 2.05) is 30.3 Å². The fourth-order valence-corrected chi connectivity index (χ4v) is 2.28. The maximum atomic E-state index is 12.1. The molecule has 1 aromatic rings. The number of hydrogen-bond acceptors (Lipinski definition) is 4. The first-order chi connectivity index (χ1) is 9.44. The topological polar surface area (TPSA) is 90.8 Å². The van der Waals surface area contributed by atoms with Crippen molar-refractivity contribution >= 4 is 18.0 Å². The molecule has 106 valence electrons. The van der Waals surface area contributed by atoms with Crippen molar-refractivity contribution in [2.45, 2.75) is 20.3 Å². The zero-order valence-electron chi connectivity index (χ0n) is 11.4. The van der Waals surface area contributed by atoms with E-state index < -0.39 is 16.7 Å². The van der Waals surface area contributed by atoms with Crippen LogP contribution >= 0.6 is 0 Å². The van der Waals surface area contributed by atoms with Crippen LogP contribution in [0.4, 0.5) is 0 Å². The molecule has 0 spiro atoms. The number of hydroxylamine groups is 1. The zero-order valence-corrected chi connectivity index (χ0v) is 11.4.